The number of hydrogen-bond acceptors (Lipinski definition) is 5. The number of benzene rings is 1. The number of thiophene rings is 1. The standard InChI is InChI=1S/C14H13BrN4S/c1-2-8-7-9(15)3-4-11(8)17-12-10-5-6-20-13(10)19-14(16)18-12/h3-7H,2H2,1H3,(H3,16,17,18,19). The van der Waals surface area contributed by atoms with Crippen LogP contribution in [0.25, 0.3) is 10.2 Å². The molecule has 0 spiro atoms. The van der Waals surface area contributed by atoms with Gasteiger partial charge in [0.05, 0.1) is 5.39 Å². The van der Waals surface area contributed by atoms with Crippen molar-refractivity contribution in [2.45, 2.75) is 13.3 Å². The van der Waals surface area contributed by atoms with Crippen LogP contribution in [0.5, 0.6) is 0 Å². The molecular formula is C14H13BrN4S. The zero-order chi connectivity index (χ0) is 14.1. The van der Waals surface area contributed by atoms with E-state index in [0.29, 0.717) is 0 Å². The highest BCUT2D eigenvalue weighted by Crippen LogP contribution is 2.30. The zero-order valence-electron chi connectivity index (χ0n) is 10.9. The Hall–Kier alpha value is -1.66. The molecule has 0 aliphatic rings. The van der Waals surface area contributed by atoms with Crippen molar-refractivity contribution in [1.29, 1.82) is 0 Å². The maximum atomic E-state index is 5.77. The maximum Gasteiger partial charge on any atom is 0.223 e. The number of nitrogens with zero attached hydrogens (tertiary/aromatic N) is 2. The molecular weight excluding hydrogens is 336 g/mol. The minimum Gasteiger partial charge on any atom is -0.368 e. The van der Waals surface area contributed by atoms with Gasteiger partial charge in [0.1, 0.15) is 10.6 Å². The highest BCUT2D eigenvalue weighted by Gasteiger charge is 2.09. The summed E-state index contributed by atoms with van der Waals surface area (Å²) in [5.41, 5.74) is 8.03. The predicted molar refractivity (Wildman–Crippen MR) is 88.6 cm³/mol. The Bertz CT molecular complexity index is 769. The molecule has 0 radical (unpaired) electrons. The van der Waals surface area contributed by atoms with Gasteiger partial charge in [0.2, 0.25) is 5.95 Å². The summed E-state index contributed by atoms with van der Waals surface area (Å²) in [5.74, 6) is 1.04. The van der Waals surface area contributed by atoms with Gasteiger partial charge in [0.15, 0.2) is 0 Å². The van der Waals surface area contributed by atoms with Crippen molar-refractivity contribution in [3.63, 3.8) is 0 Å². The van der Waals surface area contributed by atoms with E-state index in [2.05, 4.69) is 44.2 Å². The summed E-state index contributed by atoms with van der Waals surface area (Å²) in [4.78, 5) is 9.45. The first-order chi connectivity index (χ1) is 9.67. The van der Waals surface area contributed by atoms with Crippen LogP contribution in [0.1, 0.15) is 12.5 Å². The summed E-state index contributed by atoms with van der Waals surface area (Å²) in [6, 6.07) is 8.17. The third kappa shape index (κ3) is 2.48. The van der Waals surface area contributed by atoms with Gasteiger partial charge in [-0.15, -0.1) is 11.3 Å². The Balaban J connectivity index is 2.07. The summed E-state index contributed by atoms with van der Waals surface area (Å²) in [7, 11) is 0. The lowest BCUT2D eigenvalue weighted by atomic mass is 10.1. The van der Waals surface area contributed by atoms with Crippen LogP contribution in [-0.2, 0) is 6.42 Å². The van der Waals surface area contributed by atoms with Crippen molar-refractivity contribution < 1.29 is 0 Å². The molecule has 0 unspecified atom stereocenters. The summed E-state index contributed by atoms with van der Waals surface area (Å²) in [5, 5.41) is 6.36. The molecule has 0 fully saturated rings. The molecule has 4 nitrogen and oxygen atoms in total. The second-order valence-corrected chi connectivity index (χ2v) is 6.16. The molecule has 0 saturated heterocycles. The highest BCUT2D eigenvalue weighted by molar-refractivity contribution is 9.10. The van der Waals surface area contributed by atoms with E-state index in [-0.39, 0.29) is 5.95 Å². The summed E-state index contributed by atoms with van der Waals surface area (Å²) < 4.78 is 1.07. The van der Waals surface area contributed by atoms with Crippen LogP contribution in [-0.4, -0.2) is 9.97 Å². The number of nitrogen functional groups attached to an aromatic ring is 1. The Morgan fingerprint density at radius 3 is 2.95 bits per heavy atom. The van der Waals surface area contributed by atoms with Gasteiger partial charge in [-0.2, -0.15) is 4.98 Å². The molecule has 2 heterocycles. The third-order valence-electron chi connectivity index (χ3n) is 3.04. The molecule has 3 N–H and O–H groups in total. The van der Waals surface area contributed by atoms with Crippen LogP contribution in [0.4, 0.5) is 17.5 Å². The van der Waals surface area contributed by atoms with Crippen LogP contribution < -0.4 is 11.1 Å². The second kappa shape index (κ2) is 5.38. The Morgan fingerprint density at radius 2 is 2.15 bits per heavy atom. The summed E-state index contributed by atoms with van der Waals surface area (Å²) in [6.07, 6.45) is 0.940. The minimum absolute atomic E-state index is 0.289. The molecule has 0 amide bonds. The Kier molecular flexibility index (Phi) is 3.58. The first-order valence-electron chi connectivity index (χ1n) is 6.23. The smallest absolute Gasteiger partial charge is 0.223 e. The highest BCUT2D eigenvalue weighted by atomic mass is 79.9. The SMILES string of the molecule is CCc1cc(Br)ccc1Nc1nc(N)nc2sccc12. The van der Waals surface area contributed by atoms with Gasteiger partial charge in [-0.3, -0.25) is 0 Å². The third-order valence-corrected chi connectivity index (χ3v) is 4.34. The normalized spacial score (nSPS) is 10.9. The van der Waals surface area contributed by atoms with Gasteiger partial charge in [-0.05, 0) is 41.6 Å². The van der Waals surface area contributed by atoms with E-state index in [9.17, 15) is 0 Å². The van der Waals surface area contributed by atoms with Gasteiger partial charge >= 0.3 is 0 Å². The molecule has 20 heavy (non-hydrogen) atoms. The van der Waals surface area contributed by atoms with Crippen LogP contribution >= 0.6 is 27.3 Å². The van der Waals surface area contributed by atoms with Gasteiger partial charge in [0.25, 0.3) is 0 Å². The molecule has 2 aromatic heterocycles. The number of halogens is 1. The fraction of sp³-hybridized carbons (Fsp3) is 0.143. The molecule has 0 aliphatic heterocycles. The van der Waals surface area contributed by atoms with Crippen LogP contribution in [0.3, 0.4) is 0 Å². The van der Waals surface area contributed by atoms with Crippen molar-refractivity contribution in [3.8, 4) is 0 Å². The monoisotopic (exact) mass is 348 g/mol. The number of rotatable bonds is 3. The van der Waals surface area contributed by atoms with E-state index in [1.165, 1.54) is 5.56 Å². The van der Waals surface area contributed by atoms with Crippen molar-refractivity contribution >= 4 is 54.9 Å². The second-order valence-electron chi connectivity index (χ2n) is 4.35. The molecule has 0 bridgehead atoms. The lowest BCUT2D eigenvalue weighted by Crippen LogP contribution is -2.02. The van der Waals surface area contributed by atoms with Crippen molar-refractivity contribution in [1.82, 2.24) is 9.97 Å². The number of anilines is 3. The number of nitrogens with two attached hydrogens (primary N) is 1. The first kappa shape index (κ1) is 13.3. The van der Waals surface area contributed by atoms with E-state index in [0.717, 1.165) is 32.6 Å². The van der Waals surface area contributed by atoms with E-state index in [1.807, 2.05) is 23.6 Å². The van der Waals surface area contributed by atoms with E-state index in [4.69, 9.17) is 5.73 Å². The van der Waals surface area contributed by atoms with Crippen LogP contribution in [0.2, 0.25) is 0 Å². The Morgan fingerprint density at radius 1 is 1.30 bits per heavy atom. The predicted octanol–water partition coefficient (Wildman–Crippen LogP) is 4.34. The van der Waals surface area contributed by atoms with Gasteiger partial charge in [-0.1, -0.05) is 22.9 Å². The molecule has 102 valence electrons. The van der Waals surface area contributed by atoms with Crippen molar-refractivity contribution in [3.05, 3.63) is 39.7 Å². The molecule has 0 aliphatic carbocycles. The van der Waals surface area contributed by atoms with Gasteiger partial charge in [-0.25, -0.2) is 4.98 Å². The first-order valence-corrected chi connectivity index (χ1v) is 7.91. The molecule has 0 atom stereocenters. The molecule has 6 heteroatoms. The molecule has 3 rings (SSSR count). The van der Waals surface area contributed by atoms with Crippen molar-refractivity contribution in [2.24, 2.45) is 0 Å². The van der Waals surface area contributed by atoms with E-state index in [1.54, 1.807) is 11.3 Å². The van der Waals surface area contributed by atoms with Crippen LogP contribution in [0, 0.1) is 0 Å². The maximum absolute atomic E-state index is 5.77. The number of aromatic nitrogens is 2. The summed E-state index contributed by atoms with van der Waals surface area (Å²) in [6.45, 7) is 2.13. The van der Waals surface area contributed by atoms with Crippen LogP contribution in [0.15, 0.2) is 34.1 Å². The zero-order valence-corrected chi connectivity index (χ0v) is 13.3. The quantitative estimate of drug-likeness (QED) is 0.738. The number of aryl methyl sites for hydroxylation is 1. The van der Waals surface area contributed by atoms with Crippen molar-refractivity contribution in [2.75, 3.05) is 11.1 Å². The lowest BCUT2D eigenvalue weighted by Gasteiger charge is -2.12. The fourth-order valence-electron chi connectivity index (χ4n) is 2.07. The molecule has 1 aromatic carbocycles. The average Bonchev–Trinajstić information content (AvgIpc) is 2.88. The minimum atomic E-state index is 0.289. The lowest BCUT2D eigenvalue weighted by molar-refractivity contribution is 1.13. The number of hydrogen-bond donors (Lipinski definition) is 2. The largest absolute Gasteiger partial charge is 0.368 e. The van der Waals surface area contributed by atoms with E-state index < -0.39 is 0 Å². The fourth-order valence-corrected chi connectivity index (χ4v) is 3.25. The average molecular weight is 349 g/mol. The molecule has 0 saturated carbocycles. The number of nitrogens with one attached hydrogen (secondary N) is 1. The summed E-state index contributed by atoms with van der Waals surface area (Å²) >= 11 is 5.06. The topological polar surface area (TPSA) is 63.8 Å². The molecule has 3 aromatic rings. The van der Waals surface area contributed by atoms with Gasteiger partial charge in [0, 0.05) is 10.2 Å². The number of fused-ring (bicyclic) bond motifs is 1. The van der Waals surface area contributed by atoms with Gasteiger partial charge < -0.3 is 11.1 Å². The van der Waals surface area contributed by atoms with E-state index >= 15 is 0 Å². The Labute approximate surface area is 129 Å².